The van der Waals surface area contributed by atoms with Crippen molar-refractivity contribution in [1.82, 2.24) is 4.98 Å². The fraction of sp³-hybridized carbons (Fsp3) is 0.273. The Bertz CT molecular complexity index is 352. The highest BCUT2D eigenvalue weighted by Gasteiger charge is 1.98. The van der Waals surface area contributed by atoms with Gasteiger partial charge in [0.05, 0.1) is 18.2 Å². The summed E-state index contributed by atoms with van der Waals surface area (Å²) in [5.74, 6) is 0. The molecule has 0 amide bonds. The van der Waals surface area contributed by atoms with Crippen LogP contribution in [0.1, 0.15) is 12.6 Å². The molecule has 1 N–H and O–H groups in total. The van der Waals surface area contributed by atoms with Gasteiger partial charge in [0.1, 0.15) is 0 Å². The third-order valence-corrected chi connectivity index (χ3v) is 1.82. The van der Waals surface area contributed by atoms with E-state index in [1.54, 1.807) is 6.20 Å². The Kier molecular flexibility index (Phi) is 3.69. The van der Waals surface area contributed by atoms with Crippen LogP contribution in [0, 0.1) is 11.3 Å². The molecule has 1 aromatic rings. The Morgan fingerprint density at radius 1 is 1.79 bits per heavy atom. The summed E-state index contributed by atoms with van der Waals surface area (Å²) in [5.41, 5.74) is 1.76. The van der Waals surface area contributed by atoms with E-state index in [1.165, 1.54) is 0 Å². The minimum atomic E-state index is 0.215. The van der Waals surface area contributed by atoms with Crippen LogP contribution in [0.15, 0.2) is 31.0 Å². The summed E-state index contributed by atoms with van der Waals surface area (Å²) < 4.78 is 0. The summed E-state index contributed by atoms with van der Waals surface area (Å²) in [5, 5.41) is 11.7. The average molecular weight is 187 g/mol. The first-order valence-corrected chi connectivity index (χ1v) is 4.47. The molecule has 1 heterocycles. The maximum absolute atomic E-state index is 8.51. The van der Waals surface area contributed by atoms with E-state index in [-0.39, 0.29) is 6.04 Å². The lowest BCUT2D eigenvalue weighted by atomic mass is 10.2. The van der Waals surface area contributed by atoms with E-state index in [1.807, 2.05) is 25.1 Å². The zero-order chi connectivity index (χ0) is 10.4. The molecule has 0 bridgehead atoms. The van der Waals surface area contributed by atoms with E-state index in [4.69, 9.17) is 5.26 Å². The van der Waals surface area contributed by atoms with Gasteiger partial charge in [-0.1, -0.05) is 6.08 Å². The Hall–Kier alpha value is -1.82. The molecule has 1 rings (SSSR count). The van der Waals surface area contributed by atoms with E-state index in [0.29, 0.717) is 6.42 Å². The fourth-order valence-corrected chi connectivity index (χ4v) is 1.07. The summed E-state index contributed by atoms with van der Waals surface area (Å²) in [6.07, 6.45) is 3.87. The molecule has 3 heteroatoms. The van der Waals surface area contributed by atoms with Crippen molar-refractivity contribution in [3.8, 4) is 6.07 Å². The molecule has 72 valence electrons. The van der Waals surface area contributed by atoms with Crippen LogP contribution in [0.5, 0.6) is 0 Å². The van der Waals surface area contributed by atoms with Gasteiger partial charge in [0, 0.05) is 17.9 Å². The molecule has 0 saturated heterocycles. The van der Waals surface area contributed by atoms with Crippen molar-refractivity contribution in [2.75, 3.05) is 5.32 Å². The fourth-order valence-electron chi connectivity index (χ4n) is 1.07. The van der Waals surface area contributed by atoms with Crippen molar-refractivity contribution < 1.29 is 0 Å². The number of anilines is 1. The van der Waals surface area contributed by atoms with E-state index in [2.05, 4.69) is 22.9 Å². The summed E-state index contributed by atoms with van der Waals surface area (Å²) in [6, 6.07) is 6.04. The van der Waals surface area contributed by atoms with E-state index >= 15 is 0 Å². The number of rotatable bonds is 4. The molecule has 0 aromatic carbocycles. The predicted molar refractivity (Wildman–Crippen MR) is 56.8 cm³/mol. The average Bonchev–Trinajstić information content (AvgIpc) is 2.19. The van der Waals surface area contributed by atoms with E-state index in [0.717, 1.165) is 11.4 Å². The summed E-state index contributed by atoms with van der Waals surface area (Å²) >= 11 is 0. The Labute approximate surface area is 84.1 Å². The van der Waals surface area contributed by atoms with Crippen LogP contribution in [0.25, 0.3) is 0 Å². The molecule has 3 nitrogen and oxygen atoms in total. The third kappa shape index (κ3) is 2.91. The van der Waals surface area contributed by atoms with Crippen LogP contribution < -0.4 is 5.32 Å². The predicted octanol–water partition coefficient (Wildman–Crippen LogP) is 2.13. The third-order valence-electron chi connectivity index (χ3n) is 1.82. The molecule has 1 atom stereocenters. The van der Waals surface area contributed by atoms with E-state index in [9.17, 15) is 0 Å². The number of nitrogens with zero attached hydrogens (tertiary/aromatic N) is 2. The summed E-state index contributed by atoms with van der Waals surface area (Å²) in [6.45, 7) is 5.70. The molecule has 0 saturated carbocycles. The van der Waals surface area contributed by atoms with Crippen LogP contribution in [0.4, 0.5) is 5.69 Å². The molecule has 0 aliphatic heterocycles. The molecular formula is C11H13N3. The van der Waals surface area contributed by atoms with Crippen LogP contribution in [-0.2, 0) is 6.42 Å². The molecule has 0 spiro atoms. The van der Waals surface area contributed by atoms with Crippen LogP contribution in [-0.4, -0.2) is 11.0 Å². The zero-order valence-corrected chi connectivity index (χ0v) is 8.20. The lowest BCUT2D eigenvalue weighted by Gasteiger charge is -2.10. The van der Waals surface area contributed by atoms with Gasteiger partial charge in [-0.25, -0.2) is 0 Å². The largest absolute Gasteiger partial charge is 0.379 e. The van der Waals surface area contributed by atoms with Gasteiger partial charge in [-0.2, -0.15) is 5.26 Å². The van der Waals surface area contributed by atoms with Gasteiger partial charge in [0.15, 0.2) is 0 Å². The second-order valence-corrected chi connectivity index (χ2v) is 3.04. The smallest absolute Gasteiger partial charge is 0.0775 e. The first-order chi connectivity index (χ1) is 6.76. The highest BCUT2D eigenvalue weighted by molar-refractivity contribution is 5.45. The SMILES string of the molecule is C=CC(C)Nc1ccnc(CC#N)c1. The van der Waals surface area contributed by atoms with Crippen LogP contribution in [0.2, 0.25) is 0 Å². The maximum atomic E-state index is 8.51. The van der Waals surface area contributed by atoms with Crippen molar-refractivity contribution in [2.45, 2.75) is 19.4 Å². The van der Waals surface area contributed by atoms with Crippen molar-refractivity contribution in [1.29, 1.82) is 5.26 Å². The topological polar surface area (TPSA) is 48.7 Å². The Balaban J connectivity index is 2.73. The van der Waals surface area contributed by atoms with Gasteiger partial charge in [-0.3, -0.25) is 4.98 Å². The van der Waals surface area contributed by atoms with Gasteiger partial charge >= 0.3 is 0 Å². The number of hydrogen-bond donors (Lipinski definition) is 1. The minimum absolute atomic E-state index is 0.215. The standard InChI is InChI=1S/C11H13N3/c1-3-9(2)14-11-5-7-13-10(8-11)4-6-12/h3,5,7-9H,1,4H2,2H3,(H,13,14). The zero-order valence-electron chi connectivity index (χ0n) is 8.20. The van der Waals surface area contributed by atoms with Gasteiger partial charge in [-0.15, -0.1) is 6.58 Å². The second kappa shape index (κ2) is 5.03. The molecule has 1 aromatic heterocycles. The van der Waals surface area contributed by atoms with Crippen molar-refractivity contribution in [2.24, 2.45) is 0 Å². The Morgan fingerprint density at radius 2 is 2.57 bits per heavy atom. The van der Waals surface area contributed by atoms with Gasteiger partial charge < -0.3 is 5.32 Å². The number of pyridine rings is 1. The van der Waals surface area contributed by atoms with Gasteiger partial charge in [-0.05, 0) is 19.1 Å². The van der Waals surface area contributed by atoms with Crippen molar-refractivity contribution >= 4 is 5.69 Å². The molecule has 0 aliphatic carbocycles. The van der Waals surface area contributed by atoms with Crippen LogP contribution in [0.3, 0.4) is 0 Å². The quantitative estimate of drug-likeness (QED) is 0.734. The lowest BCUT2D eigenvalue weighted by molar-refractivity contribution is 0.994. The summed E-state index contributed by atoms with van der Waals surface area (Å²) in [4.78, 5) is 4.07. The molecule has 0 radical (unpaired) electrons. The molecule has 0 aliphatic rings. The number of hydrogen-bond acceptors (Lipinski definition) is 3. The first-order valence-electron chi connectivity index (χ1n) is 4.47. The van der Waals surface area contributed by atoms with Gasteiger partial charge in [0.25, 0.3) is 0 Å². The number of nitrogens with one attached hydrogen (secondary N) is 1. The number of aromatic nitrogens is 1. The summed E-state index contributed by atoms with van der Waals surface area (Å²) in [7, 11) is 0. The van der Waals surface area contributed by atoms with Crippen molar-refractivity contribution in [3.63, 3.8) is 0 Å². The first kappa shape index (κ1) is 10.3. The monoisotopic (exact) mass is 187 g/mol. The second-order valence-electron chi connectivity index (χ2n) is 3.04. The highest BCUT2D eigenvalue weighted by atomic mass is 14.9. The van der Waals surface area contributed by atoms with Crippen LogP contribution >= 0.6 is 0 Å². The molecule has 14 heavy (non-hydrogen) atoms. The molecular weight excluding hydrogens is 174 g/mol. The lowest BCUT2D eigenvalue weighted by Crippen LogP contribution is -2.11. The highest BCUT2D eigenvalue weighted by Crippen LogP contribution is 2.09. The van der Waals surface area contributed by atoms with Crippen molar-refractivity contribution in [3.05, 3.63) is 36.7 Å². The maximum Gasteiger partial charge on any atom is 0.0775 e. The van der Waals surface area contributed by atoms with E-state index < -0.39 is 0 Å². The molecule has 0 fully saturated rings. The Morgan fingerprint density at radius 3 is 3.21 bits per heavy atom. The molecule has 1 unspecified atom stereocenters. The number of nitriles is 1. The normalized spacial score (nSPS) is 11.4. The van der Waals surface area contributed by atoms with Gasteiger partial charge in [0.2, 0.25) is 0 Å². The minimum Gasteiger partial charge on any atom is -0.379 e.